The monoisotopic (exact) mass is 220 g/mol. The largest absolute Gasteiger partial charge is 0.520 e. The van der Waals surface area contributed by atoms with Crippen LogP contribution in [0.5, 0.6) is 0 Å². The van der Waals surface area contributed by atoms with E-state index in [4.69, 9.17) is 0 Å². The van der Waals surface area contributed by atoms with Crippen LogP contribution >= 0.6 is 0 Å². The number of hydrogen-bond donors (Lipinski definition) is 2. The lowest BCUT2D eigenvalue weighted by Gasteiger charge is -1.99. The Bertz CT molecular complexity index is 318. The molecule has 7 nitrogen and oxygen atoms in total. The van der Waals surface area contributed by atoms with Crippen LogP contribution in [0.3, 0.4) is 0 Å². The third-order valence-corrected chi connectivity index (χ3v) is 1.54. The highest BCUT2D eigenvalue weighted by molar-refractivity contribution is 7.90. The van der Waals surface area contributed by atoms with Gasteiger partial charge in [-0.1, -0.05) is 5.11 Å². The number of hydrogen-bond acceptors (Lipinski definition) is 4. The molecule has 11 heteroatoms. The molecule has 3 N–H and O–H groups in total. The first-order valence-corrected chi connectivity index (χ1v) is 3.89. The molecule has 0 spiro atoms. The summed E-state index contributed by atoms with van der Waals surface area (Å²) in [6, 6.07) is -1.51. The van der Waals surface area contributed by atoms with Gasteiger partial charge in [-0.15, -0.1) is 0 Å². The van der Waals surface area contributed by atoms with Crippen LogP contribution in [0.1, 0.15) is 0 Å². The lowest BCUT2D eigenvalue weighted by Crippen LogP contribution is -2.27. The topological polar surface area (TPSA) is 114 Å². The SMILES string of the molecule is NNC(=O)N=NS(=O)(=O)C(F)(F)F. The number of nitrogens with one attached hydrogen (secondary N) is 1. The summed E-state index contributed by atoms with van der Waals surface area (Å²) in [5, 5.41) is 2.12. The van der Waals surface area contributed by atoms with Gasteiger partial charge in [0.25, 0.3) is 0 Å². The van der Waals surface area contributed by atoms with E-state index in [2.05, 4.69) is 11.0 Å². The molecule has 0 fully saturated rings. The van der Waals surface area contributed by atoms with Crippen molar-refractivity contribution in [2.45, 2.75) is 5.51 Å². The van der Waals surface area contributed by atoms with Gasteiger partial charge in [-0.2, -0.15) is 21.6 Å². The van der Waals surface area contributed by atoms with Crippen molar-refractivity contribution in [2.75, 3.05) is 0 Å². The molecule has 0 aromatic carbocycles. The minimum atomic E-state index is -5.76. The van der Waals surface area contributed by atoms with Crippen LogP contribution in [0, 0.1) is 0 Å². The second kappa shape index (κ2) is 3.66. The van der Waals surface area contributed by atoms with Crippen LogP contribution in [0.2, 0.25) is 0 Å². The van der Waals surface area contributed by atoms with Crippen LogP contribution in [0.15, 0.2) is 9.63 Å². The van der Waals surface area contributed by atoms with Gasteiger partial charge in [0.05, 0.1) is 0 Å². The molecule has 0 unspecified atom stereocenters. The first-order chi connectivity index (χ1) is 5.70. The minimum Gasteiger partial charge on any atom is -0.273 e. The molecule has 0 aliphatic rings. The van der Waals surface area contributed by atoms with E-state index in [1.807, 2.05) is 0 Å². The number of carbonyl (C=O) groups is 1. The Morgan fingerprint density at radius 1 is 1.38 bits per heavy atom. The Labute approximate surface area is 69.8 Å². The van der Waals surface area contributed by atoms with E-state index >= 15 is 0 Å². The van der Waals surface area contributed by atoms with E-state index in [9.17, 15) is 26.4 Å². The normalized spacial score (nSPS) is 13.2. The molecule has 2 amide bonds. The van der Waals surface area contributed by atoms with Crippen LogP contribution < -0.4 is 11.3 Å². The highest BCUT2D eigenvalue weighted by Gasteiger charge is 2.46. The van der Waals surface area contributed by atoms with E-state index in [-0.39, 0.29) is 0 Å². The second-order valence-corrected chi connectivity index (χ2v) is 3.13. The van der Waals surface area contributed by atoms with E-state index in [1.54, 1.807) is 4.52 Å². The van der Waals surface area contributed by atoms with Crippen molar-refractivity contribution in [3.63, 3.8) is 0 Å². The van der Waals surface area contributed by atoms with Gasteiger partial charge < -0.3 is 0 Å². The Morgan fingerprint density at radius 3 is 2.15 bits per heavy atom. The maximum atomic E-state index is 11.5. The molecule has 0 rings (SSSR count). The molecule has 0 saturated carbocycles. The number of nitrogens with two attached hydrogens (primary N) is 1. The average Bonchev–Trinajstić information content (AvgIpc) is 1.98. The molecular weight excluding hydrogens is 217 g/mol. The summed E-state index contributed by atoms with van der Waals surface area (Å²) in [6.45, 7) is 0. The van der Waals surface area contributed by atoms with Gasteiger partial charge in [0.15, 0.2) is 0 Å². The van der Waals surface area contributed by atoms with E-state index < -0.39 is 21.6 Å². The number of rotatable bonds is 1. The fraction of sp³-hybridized carbons (Fsp3) is 0.500. The summed E-state index contributed by atoms with van der Waals surface area (Å²) < 4.78 is 56.4. The summed E-state index contributed by atoms with van der Waals surface area (Å²) >= 11 is 0. The molecule has 0 aliphatic heterocycles. The number of urea groups is 1. The van der Waals surface area contributed by atoms with Gasteiger partial charge in [0.2, 0.25) is 0 Å². The third-order valence-electron chi connectivity index (χ3n) is 0.655. The summed E-state index contributed by atoms with van der Waals surface area (Å²) in [7, 11) is -5.76. The lowest BCUT2D eigenvalue weighted by atomic mass is 11.1. The standard InChI is InChI=1S/C2H3F3N4O3S/c3-2(4,5)13(11,12)9-8-1(10)7-6/h6H2,(H,7,10). The highest BCUT2D eigenvalue weighted by atomic mass is 32.2. The molecule has 0 aromatic rings. The maximum absolute atomic E-state index is 11.5. The number of hydrazine groups is 1. The van der Waals surface area contributed by atoms with Crippen molar-refractivity contribution in [1.82, 2.24) is 5.43 Å². The van der Waals surface area contributed by atoms with E-state index in [1.165, 1.54) is 5.43 Å². The van der Waals surface area contributed by atoms with Crippen LogP contribution in [-0.4, -0.2) is 20.0 Å². The van der Waals surface area contributed by atoms with Crippen molar-refractivity contribution in [1.29, 1.82) is 0 Å². The van der Waals surface area contributed by atoms with Gasteiger partial charge in [-0.25, -0.2) is 10.6 Å². The molecule has 0 aliphatic carbocycles. The number of sulfonamides is 1. The molecule has 0 atom stereocenters. The number of carbonyl (C=O) groups excluding carboxylic acids is 1. The van der Waals surface area contributed by atoms with Crippen molar-refractivity contribution in [2.24, 2.45) is 15.5 Å². The van der Waals surface area contributed by atoms with Crippen molar-refractivity contribution >= 4 is 16.1 Å². The number of alkyl halides is 3. The maximum Gasteiger partial charge on any atom is 0.520 e. The predicted octanol–water partition coefficient (Wildman–Crippen LogP) is -0.128. The zero-order chi connectivity index (χ0) is 10.7. The van der Waals surface area contributed by atoms with Gasteiger partial charge >= 0.3 is 21.6 Å². The first-order valence-electron chi connectivity index (χ1n) is 2.45. The summed E-state index contributed by atoms with van der Waals surface area (Å²) in [4.78, 5) is 10.1. The van der Waals surface area contributed by atoms with Gasteiger partial charge in [-0.3, -0.25) is 5.43 Å². The van der Waals surface area contributed by atoms with Crippen LogP contribution in [0.25, 0.3) is 0 Å². The molecule has 0 heterocycles. The van der Waals surface area contributed by atoms with Crippen molar-refractivity contribution in [3.05, 3.63) is 0 Å². The molecule has 13 heavy (non-hydrogen) atoms. The number of halogens is 3. The van der Waals surface area contributed by atoms with Crippen molar-refractivity contribution < 1.29 is 26.4 Å². The smallest absolute Gasteiger partial charge is 0.273 e. The second-order valence-electron chi connectivity index (χ2n) is 1.55. The Morgan fingerprint density at radius 2 is 1.85 bits per heavy atom. The van der Waals surface area contributed by atoms with E-state index in [0.717, 1.165) is 0 Å². The van der Waals surface area contributed by atoms with Gasteiger partial charge in [0, 0.05) is 0 Å². The first kappa shape index (κ1) is 11.8. The molecule has 0 aromatic heterocycles. The Hall–Kier alpha value is -1.23. The summed E-state index contributed by atoms with van der Waals surface area (Å²) in [5.41, 5.74) is -4.32. The zero-order valence-electron chi connectivity index (χ0n) is 5.74. The zero-order valence-corrected chi connectivity index (χ0v) is 6.56. The summed E-state index contributed by atoms with van der Waals surface area (Å²) in [6.07, 6.45) is 0. The molecule has 76 valence electrons. The van der Waals surface area contributed by atoms with Gasteiger partial charge in [-0.05, 0) is 4.52 Å². The molecule has 0 saturated heterocycles. The third kappa shape index (κ3) is 3.33. The Kier molecular flexibility index (Phi) is 3.31. The minimum absolute atomic E-state index is 1.26. The average molecular weight is 220 g/mol. The van der Waals surface area contributed by atoms with Crippen molar-refractivity contribution in [3.8, 4) is 0 Å². The highest BCUT2D eigenvalue weighted by Crippen LogP contribution is 2.24. The molecule has 0 bridgehead atoms. The molecule has 0 radical (unpaired) electrons. The molecular formula is C2H3F3N4O3S. The quantitative estimate of drug-likeness (QED) is 0.277. The van der Waals surface area contributed by atoms with Crippen LogP contribution in [0.4, 0.5) is 18.0 Å². The Balaban J connectivity index is 4.74. The lowest BCUT2D eigenvalue weighted by molar-refractivity contribution is -0.0436. The fourth-order valence-corrected chi connectivity index (χ4v) is 0.440. The van der Waals surface area contributed by atoms with Gasteiger partial charge in [0.1, 0.15) is 0 Å². The predicted molar refractivity (Wildman–Crippen MR) is 32.5 cm³/mol. The number of nitrogens with zero attached hydrogens (tertiary/aromatic N) is 2. The number of amides is 2. The fourth-order valence-electron chi connectivity index (χ4n) is 0.166. The van der Waals surface area contributed by atoms with Crippen LogP contribution in [-0.2, 0) is 10.0 Å². The van der Waals surface area contributed by atoms with E-state index in [0.29, 0.717) is 0 Å². The summed E-state index contributed by atoms with van der Waals surface area (Å²) in [5.74, 6) is 4.38.